The Labute approximate surface area is 110 Å². The molecule has 1 aromatic heterocycles. The zero-order valence-electron chi connectivity index (χ0n) is 8.90. The summed E-state index contributed by atoms with van der Waals surface area (Å²) in [4.78, 5) is 4.05. The number of methoxy groups -OCH3 is 1. The Kier molecular flexibility index (Phi) is 6.21. The standard InChI is InChI=1S/C10H13Cl3N2O/c1-16-5-3-2-4-14-10-8(12)6-7(11)9(13)15-10/h6H,2-5H2,1H3,(H,14,15). The van der Waals surface area contributed by atoms with Gasteiger partial charge in [-0.25, -0.2) is 4.98 Å². The number of anilines is 1. The first-order valence-electron chi connectivity index (χ1n) is 4.89. The summed E-state index contributed by atoms with van der Waals surface area (Å²) in [6, 6.07) is 1.58. The molecule has 0 amide bonds. The normalized spacial score (nSPS) is 10.5. The summed E-state index contributed by atoms with van der Waals surface area (Å²) in [5.41, 5.74) is 0. The predicted octanol–water partition coefficient (Wildman–Crippen LogP) is 3.88. The van der Waals surface area contributed by atoms with E-state index in [2.05, 4.69) is 10.3 Å². The van der Waals surface area contributed by atoms with E-state index >= 15 is 0 Å². The zero-order valence-corrected chi connectivity index (χ0v) is 11.2. The lowest BCUT2D eigenvalue weighted by Gasteiger charge is -2.08. The van der Waals surface area contributed by atoms with Gasteiger partial charge in [0.2, 0.25) is 0 Å². The zero-order chi connectivity index (χ0) is 12.0. The van der Waals surface area contributed by atoms with Crippen molar-refractivity contribution >= 4 is 40.6 Å². The Balaban J connectivity index is 2.45. The molecular weight excluding hydrogens is 270 g/mol. The first kappa shape index (κ1) is 13.8. The monoisotopic (exact) mass is 282 g/mol. The topological polar surface area (TPSA) is 34.1 Å². The van der Waals surface area contributed by atoms with E-state index in [-0.39, 0.29) is 5.15 Å². The molecule has 0 aromatic carbocycles. The van der Waals surface area contributed by atoms with Crippen LogP contribution in [0.15, 0.2) is 6.07 Å². The van der Waals surface area contributed by atoms with E-state index < -0.39 is 0 Å². The second-order valence-corrected chi connectivity index (χ2v) is 4.39. The summed E-state index contributed by atoms with van der Waals surface area (Å²) in [5.74, 6) is 0.563. The molecule has 1 N–H and O–H groups in total. The third kappa shape index (κ3) is 4.34. The molecule has 0 bridgehead atoms. The van der Waals surface area contributed by atoms with Gasteiger partial charge in [0.05, 0.1) is 10.0 Å². The van der Waals surface area contributed by atoms with Crippen molar-refractivity contribution in [3.8, 4) is 0 Å². The van der Waals surface area contributed by atoms with Crippen molar-refractivity contribution in [1.29, 1.82) is 0 Å². The fraction of sp³-hybridized carbons (Fsp3) is 0.500. The van der Waals surface area contributed by atoms with E-state index in [0.29, 0.717) is 15.9 Å². The number of nitrogens with one attached hydrogen (secondary N) is 1. The molecule has 1 aromatic rings. The van der Waals surface area contributed by atoms with E-state index in [4.69, 9.17) is 39.5 Å². The maximum atomic E-state index is 5.95. The molecule has 0 atom stereocenters. The van der Waals surface area contributed by atoms with Crippen molar-refractivity contribution in [2.75, 3.05) is 25.6 Å². The van der Waals surface area contributed by atoms with Crippen molar-refractivity contribution in [2.24, 2.45) is 0 Å². The van der Waals surface area contributed by atoms with Gasteiger partial charge in [-0.2, -0.15) is 0 Å². The Morgan fingerprint density at radius 1 is 1.25 bits per heavy atom. The highest BCUT2D eigenvalue weighted by molar-refractivity contribution is 6.42. The minimum atomic E-state index is 0.255. The smallest absolute Gasteiger partial charge is 0.150 e. The number of hydrogen-bond acceptors (Lipinski definition) is 3. The van der Waals surface area contributed by atoms with Crippen LogP contribution in [-0.2, 0) is 4.74 Å². The van der Waals surface area contributed by atoms with Crippen molar-refractivity contribution < 1.29 is 4.74 Å². The van der Waals surface area contributed by atoms with E-state index in [1.165, 1.54) is 0 Å². The largest absolute Gasteiger partial charge is 0.385 e. The quantitative estimate of drug-likeness (QED) is 0.635. The summed E-state index contributed by atoms with van der Waals surface area (Å²) >= 11 is 17.5. The molecule has 0 fully saturated rings. The highest BCUT2D eigenvalue weighted by Crippen LogP contribution is 2.28. The van der Waals surface area contributed by atoms with Gasteiger partial charge in [-0.3, -0.25) is 0 Å². The van der Waals surface area contributed by atoms with Crippen LogP contribution in [-0.4, -0.2) is 25.2 Å². The number of ether oxygens (including phenoxy) is 1. The highest BCUT2D eigenvalue weighted by Gasteiger charge is 2.06. The van der Waals surface area contributed by atoms with Crippen LogP contribution in [0.4, 0.5) is 5.82 Å². The van der Waals surface area contributed by atoms with E-state index in [0.717, 1.165) is 26.0 Å². The van der Waals surface area contributed by atoms with Gasteiger partial charge in [-0.05, 0) is 18.9 Å². The molecule has 1 heterocycles. The van der Waals surface area contributed by atoms with Crippen molar-refractivity contribution in [2.45, 2.75) is 12.8 Å². The molecule has 0 aliphatic carbocycles. The van der Waals surface area contributed by atoms with Crippen molar-refractivity contribution in [1.82, 2.24) is 4.98 Å². The molecule has 0 aliphatic rings. The first-order valence-corrected chi connectivity index (χ1v) is 6.03. The van der Waals surface area contributed by atoms with Crippen LogP contribution in [0, 0.1) is 0 Å². The Morgan fingerprint density at radius 2 is 2.00 bits per heavy atom. The first-order chi connectivity index (χ1) is 7.65. The molecule has 3 nitrogen and oxygen atoms in total. The molecule has 90 valence electrons. The summed E-state index contributed by atoms with van der Waals surface area (Å²) in [6.45, 7) is 1.53. The molecule has 0 saturated carbocycles. The Bertz CT molecular complexity index is 347. The second-order valence-electron chi connectivity index (χ2n) is 3.22. The average molecular weight is 284 g/mol. The van der Waals surface area contributed by atoms with Crippen LogP contribution >= 0.6 is 34.8 Å². The number of unbranched alkanes of at least 4 members (excludes halogenated alkanes) is 1. The molecule has 0 unspecified atom stereocenters. The van der Waals surface area contributed by atoms with Crippen LogP contribution < -0.4 is 5.32 Å². The molecule has 0 saturated heterocycles. The Hall–Kier alpha value is -0.220. The second kappa shape index (κ2) is 7.17. The molecule has 0 spiro atoms. The molecule has 6 heteroatoms. The Morgan fingerprint density at radius 3 is 2.69 bits per heavy atom. The molecule has 0 radical (unpaired) electrons. The highest BCUT2D eigenvalue weighted by atomic mass is 35.5. The third-order valence-corrected chi connectivity index (χ3v) is 2.92. The van der Waals surface area contributed by atoms with Gasteiger partial charge in [-0.1, -0.05) is 34.8 Å². The average Bonchev–Trinajstić information content (AvgIpc) is 2.25. The summed E-state index contributed by atoms with van der Waals surface area (Å²) < 4.78 is 4.94. The predicted molar refractivity (Wildman–Crippen MR) is 68.9 cm³/mol. The number of halogens is 3. The van der Waals surface area contributed by atoms with Crippen molar-refractivity contribution in [3.63, 3.8) is 0 Å². The number of pyridine rings is 1. The number of rotatable bonds is 6. The lowest BCUT2D eigenvalue weighted by molar-refractivity contribution is 0.194. The number of hydrogen-bond donors (Lipinski definition) is 1. The number of aromatic nitrogens is 1. The summed E-state index contributed by atoms with van der Waals surface area (Å²) in [7, 11) is 1.69. The van der Waals surface area contributed by atoms with Crippen LogP contribution in [0.1, 0.15) is 12.8 Å². The van der Waals surface area contributed by atoms with Crippen LogP contribution in [0.2, 0.25) is 15.2 Å². The van der Waals surface area contributed by atoms with Crippen LogP contribution in [0.3, 0.4) is 0 Å². The lowest BCUT2D eigenvalue weighted by Crippen LogP contribution is -2.05. The maximum Gasteiger partial charge on any atom is 0.150 e. The van der Waals surface area contributed by atoms with Crippen molar-refractivity contribution in [3.05, 3.63) is 21.3 Å². The van der Waals surface area contributed by atoms with Gasteiger partial charge < -0.3 is 10.1 Å². The van der Waals surface area contributed by atoms with Gasteiger partial charge in [0.1, 0.15) is 11.0 Å². The van der Waals surface area contributed by atoms with Gasteiger partial charge >= 0.3 is 0 Å². The number of nitrogens with zero attached hydrogens (tertiary/aromatic N) is 1. The van der Waals surface area contributed by atoms with Gasteiger partial charge in [0, 0.05) is 20.3 Å². The lowest BCUT2D eigenvalue weighted by atomic mass is 10.3. The molecule has 1 rings (SSSR count). The van der Waals surface area contributed by atoms with Crippen LogP contribution in [0.5, 0.6) is 0 Å². The fourth-order valence-electron chi connectivity index (χ4n) is 1.15. The third-order valence-electron chi connectivity index (χ3n) is 1.95. The van der Waals surface area contributed by atoms with Crippen LogP contribution in [0.25, 0.3) is 0 Å². The van der Waals surface area contributed by atoms with Gasteiger partial charge in [0.15, 0.2) is 0 Å². The van der Waals surface area contributed by atoms with E-state index in [9.17, 15) is 0 Å². The van der Waals surface area contributed by atoms with Gasteiger partial charge in [0.25, 0.3) is 0 Å². The van der Waals surface area contributed by atoms with E-state index in [1.54, 1.807) is 13.2 Å². The summed E-state index contributed by atoms with van der Waals surface area (Å²) in [6.07, 6.45) is 1.97. The minimum absolute atomic E-state index is 0.255. The minimum Gasteiger partial charge on any atom is -0.385 e. The summed E-state index contributed by atoms with van der Waals surface area (Å²) in [5, 5.41) is 4.18. The molecular formula is C10H13Cl3N2O. The van der Waals surface area contributed by atoms with Gasteiger partial charge in [-0.15, -0.1) is 0 Å². The fourth-order valence-corrected chi connectivity index (χ4v) is 1.71. The molecule has 0 aliphatic heterocycles. The molecule has 16 heavy (non-hydrogen) atoms. The SMILES string of the molecule is COCCCCNc1nc(Cl)c(Cl)cc1Cl. The van der Waals surface area contributed by atoms with E-state index in [1.807, 2.05) is 0 Å². The maximum absolute atomic E-state index is 5.95.